The number of benzene rings is 3. The first kappa shape index (κ1) is 36.6. The van der Waals surface area contributed by atoms with E-state index in [-0.39, 0.29) is 18.5 Å². The third-order valence-corrected chi connectivity index (χ3v) is 7.61. The number of carbonyl (C=O) groups excluding carboxylic acids is 2. The van der Waals surface area contributed by atoms with Crippen LogP contribution in [0.2, 0.25) is 5.02 Å². The lowest BCUT2D eigenvalue weighted by Crippen LogP contribution is -2.34. The zero-order chi connectivity index (χ0) is 35.7. The van der Waals surface area contributed by atoms with Gasteiger partial charge < -0.3 is 41.5 Å². The Morgan fingerprint density at radius 3 is 2.53 bits per heavy atom. The molecule has 1 fully saturated rings. The molecule has 0 radical (unpaired) electrons. The number of hydrogen-bond donors (Lipinski definition) is 6. The van der Waals surface area contributed by atoms with Gasteiger partial charge in [-0.15, -0.1) is 0 Å². The Bertz CT molecular complexity index is 1810. The summed E-state index contributed by atoms with van der Waals surface area (Å²) in [5, 5.41) is 28.2. The number of nitrogens with zero attached hydrogens (tertiary/aromatic N) is 2. The van der Waals surface area contributed by atoms with Crippen molar-refractivity contribution in [3.63, 3.8) is 0 Å². The van der Waals surface area contributed by atoms with Gasteiger partial charge in [0.15, 0.2) is 0 Å². The molecule has 1 aliphatic heterocycles. The quantitative estimate of drug-likeness (QED) is 0.130. The predicted octanol–water partition coefficient (Wildman–Crippen LogP) is 5.57. The normalized spacial score (nSPS) is 14.7. The molecular weight excluding hydrogens is 669 g/mol. The fourth-order valence-corrected chi connectivity index (χ4v) is 5.07. The number of fused-ring (bicyclic) bond motifs is 1. The first-order valence-electron chi connectivity index (χ1n) is 15.0. The molecule has 2 heterocycles. The standard InChI is InChI=1S/C31H33ClN6O4.C2HF3O2/c1-2-42-27-16-21(6-9-26(27)32)28(36-23-7-8-25-20(15-23)10-12-34-29(25)33)30(40)35-17-19-4-3-5-22(14-19)37-31(41)38-13-11-24(39)18-38;3-2(4,5)1(6)7/h3-10,12,14-16,24,28,36,39H,2,11,13,17-18H2,1H3,(H2,33,34)(H,35,40)(H,37,41);(H,6,7)/t24-,28?;/m1./s1. The lowest BCUT2D eigenvalue weighted by molar-refractivity contribution is -0.192. The number of carbonyl (C=O) groups is 3. The monoisotopic (exact) mass is 702 g/mol. The van der Waals surface area contributed by atoms with Crippen LogP contribution in [0, 0.1) is 0 Å². The van der Waals surface area contributed by atoms with Crippen molar-refractivity contribution in [2.75, 3.05) is 36.1 Å². The van der Waals surface area contributed by atoms with Crippen LogP contribution in [0.25, 0.3) is 10.8 Å². The molecule has 0 spiro atoms. The Kier molecular flexibility index (Phi) is 12.1. The molecule has 0 aliphatic carbocycles. The minimum atomic E-state index is -5.08. The highest BCUT2D eigenvalue weighted by molar-refractivity contribution is 6.32. The van der Waals surface area contributed by atoms with Crippen molar-refractivity contribution < 1.29 is 42.5 Å². The van der Waals surface area contributed by atoms with Crippen LogP contribution >= 0.6 is 11.6 Å². The van der Waals surface area contributed by atoms with Crippen LogP contribution in [-0.2, 0) is 16.1 Å². The number of nitrogens with one attached hydrogen (secondary N) is 3. The summed E-state index contributed by atoms with van der Waals surface area (Å²) in [4.78, 5) is 40.8. The highest BCUT2D eigenvalue weighted by atomic mass is 35.5. The number of rotatable bonds is 9. The minimum absolute atomic E-state index is 0.231. The number of ether oxygens (including phenoxy) is 1. The second kappa shape index (κ2) is 16.2. The number of carboxylic acids is 1. The van der Waals surface area contributed by atoms with Crippen molar-refractivity contribution in [3.8, 4) is 5.75 Å². The van der Waals surface area contributed by atoms with Crippen molar-refractivity contribution in [3.05, 3.63) is 89.1 Å². The maximum Gasteiger partial charge on any atom is 0.490 e. The number of aliphatic hydroxyl groups excluding tert-OH is 1. The Morgan fingerprint density at radius 2 is 1.86 bits per heavy atom. The molecule has 3 aromatic carbocycles. The molecule has 49 heavy (non-hydrogen) atoms. The van der Waals surface area contributed by atoms with Gasteiger partial charge in [0.25, 0.3) is 0 Å². The summed E-state index contributed by atoms with van der Waals surface area (Å²) in [5.41, 5.74) is 8.82. The second-order valence-electron chi connectivity index (χ2n) is 10.9. The van der Waals surface area contributed by atoms with E-state index in [1.54, 1.807) is 35.4 Å². The molecule has 3 amide bonds. The number of urea groups is 1. The molecule has 4 aromatic rings. The highest BCUT2D eigenvalue weighted by Gasteiger charge is 2.38. The van der Waals surface area contributed by atoms with Gasteiger partial charge in [0, 0.05) is 42.6 Å². The molecule has 7 N–H and O–H groups in total. The van der Waals surface area contributed by atoms with Crippen LogP contribution < -0.4 is 26.4 Å². The third kappa shape index (κ3) is 10.1. The van der Waals surface area contributed by atoms with Gasteiger partial charge in [0.2, 0.25) is 5.91 Å². The average Bonchev–Trinajstić information content (AvgIpc) is 3.50. The molecule has 1 saturated heterocycles. The summed E-state index contributed by atoms with van der Waals surface area (Å²) in [7, 11) is 0. The summed E-state index contributed by atoms with van der Waals surface area (Å²) < 4.78 is 37.4. The van der Waals surface area contributed by atoms with E-state index in [0.29, 0.717) is 54.0 Å². The average molecular weight is 703 g/mol. The predicted molar refractivity (Wildman–Crippen MR) is 178 cm³/mol. The topological polar surface area (TPSA) is 179 Å². The number of alkyl halides is 3. The molecule has 16 heteroatoms. The van der Waals surface area contributed by atoms with Gasteiger partial charge in [-0.1, -0.05) is 29.8 Å². The molecule has 0 saturated carbocycles. The number of nitrogens with two attached hydrogens (primary N) is 1. The molecule has 12 nitrogen and oxygen atoms in total. The molecule has 5 rings (SSSR count). The van der Waals surface area contributed by atoms with E-state index in [0.717, 1.165) is 22.0 Å². The van der Waals surface area contributed by atoms with Gasteiger partial charge in [-0.2, -0.15) is 13.2 Å². The lowest BCUT2D eigenvalue weighted by Gasteiger charge is -2.22. The maximum absolute atomic E-state index is 13.7. The smallest absolute Gasteiger partial charge is 0.490 e. The fourth-order valence-electron chi connectivity index (χ4n) is 4.90. The van der Waals surface area contributed by atoms with E-state index in [1.165, 1.54) is 0 Å². The van der Waals surface area contributed by atoms with Gasteiger partial charge in [0.1, 0.15) is 17.6 Å². The van der Waals surface area contributed by atoms with E-state index in [2.05, 4.69) is 20.9 Å². The maximum atomic E-state index is 13.7. The molecule has 1 aromatic heterocycles. The summed E-state index contributed by atoms with van der Waals surface area (Å²) >= 11 is 6.33. The van der Waals surface area contributed by atoms with Gasteiger partial charge in [-0.25, -0.2) is 14.6 Å². The summed E-state index contributed by atoms with van der Waals surface area (Å²) in [6.07, 6.45) is -3.36. The van der Waals surface area contributed by atoms with Crippen LogP contribution in [0.1, 0.15) is 30.5 Å². The van der Waals surface area contributed by atoms with E-state index in [1.807, 2.05) is 49.4 Å². The molecular formula is C33H34ClF3N6O6. The largest absolute Gasteiger partial charge is 0.492 e. The number of β-amino-alcohol motifs (C(OH)–C–C–N with tert-alkyl or cyclic N) is 1. The van der Waals surface area contributed by atoms with Crippen LogP contribution in [0.5, 0.6) is 5.75 Å². The zero-order valence-electron chi connectivity index (χ0n) is 26.1. The van der Waals surface area contributed by atoms with Crippen molar-refractivity contribution in [2.24, 2.45) is 0 Å². The van der Waals surface area contributed by atoms with Gasteiger partial charge in [-0.05, 0) is 78.4 Å². The third-order valence-electron chi connectivity index (χ3n) is 7.29. The van der Waals surface area contributed by atoms with Crippen molar-refractivity contribution >= 4 is 57.5 Å². The van der Waals surface area contributed by atoms with E-state index < -0.39 is 24.3 Å². The first-order valence-corrected chi connectivity index (χ1v) is 15.4. The van der Waals surface area contributed by atoms with Crippen LogP contribution in [0.4, 0.5) is 35.2 Å². The molecule has 1 unspecified atom stereocenters. The summed E-state index contributed by atoms with van der Waals surface area (Å²) in [6, 6.07) is 19.0. The molecule has 260 valence electrons. The van der Waals surface area contributed by atoms with Crippen molar-refractivity contribution in [2.45, 2.75) is 38.2 Å². The highest BCUT2D eigenvalue weighted by Crippen LogP contribution is 2.31. The van der Waals surface area contributed by atoms with Gasteiger partial charge in [-0.3, -0.25) is 4.79 Å². The number of hydrogen-bond acceptors (Lipinski definition) is 8. The van der Waals surface area contributed by atoms with Crippen molar-refractivity contribution in [1.29, 1.82) is 0 Å². The van der Waals surface area contributed by atoms with Crippen LogP contribution in [0.15, 0.2) is 72.9 Å². The zero-order valence-corrected chi connectivity index (χ0v) is 26.9. The number of pyridine rings is 1. The summed E-state index contributed by atoms with van der Waals surface area (Å²) in [6.45, 7) is 3.35. The van der Waals surface area contributed by atoms with E-state index in [9.17, 15) is 27.9 Å². The number of aliphatic hydroxyl groups is 1. The molecule has 2 atom stereocenters. The Morgan fingerprint density at radius 1 is 1.10 bits per heavy atom. The number of aliphatic carboxylic acids is 1. The first-order chi connectivity index (χ1) is 23.2. The van der Waals surface area contributed by atoms with Gasteiger partial charge >= 0.3 is 18.2 Å². The number of aromatic nitrogens is 1. The molecule has 0 bridgehead atoms. The SMILES string of the molecule is CCOc1cc(C(Nc2ccc3c(N)nccc3c2)C(=O)NCc2cccc(NC(=O)N3CC[C@@H](O)C3)c2)ccc1Cl.O=C(O)C(F)(F)F. The second-order valence-corrected chi connectivity index (χ2v) is 11.3. The summed E-state index contributed by atoms with van der Waals surface area (Å²) in [5.74, 6) is -2.10. The van der Waals surface area contributed by atoms with Gasteiger partial charge in [0.05, 0.1) is 17.7 Å². The number of nitrogen functional groups attached to an aromatic ring is 1. The van der Waals surface area contributed by atoms with E-state index >= 15 is 0 Å². The number of amides is 3. The lowest BCUT2D eigenvalue weighted by atomic mass is 10.0. The van der Waals surface area contributed by atoms with E-state index in [4.69, 9.17) is 32.0 Å². The number of likely N-dealkylation sites (tertiary alicyclic amines) is 1. The fraction of sp³-hybridized carbons (Fsp3) is 0.273. The van der Waals surface area contributed by atoms with Crippen molar-refractivity contribution in [1.82, 2.24) is 15.2 Å². The Hall–Kier alpha value is -5.28. The van der Waals surface area contributed by atoms with Crippen LogP contribution in [0.3, 0.4) is 0 Å². The Labute approximate surface area is 284 Å². The number of halogens is 4. The number of anilines is 3. The molecule has 1 aliphatic rings. The minimum Gasteiger partial charge on any atom is -0.492 e. The Balaban J connectivity index is 0.000000698. The number of carboxylic acid groups (broad SMARTS) is 1. The van der Waals surface area contributed by atoms with Crippen LogP contribution in [-0.4, -0.2) is 70.0 Å².